The van der Waals surface area contributed by atoms with E-state index < -0.39 is 23.5 Å². The van der Waals surface area contributed by atoms with Crippen molar-refractivity contribution in [3.8, 4) is 0 Å². The Kier molecular flexibility index (Phi) is 8.04. The molecule has 0 radical (unpaired) electrons. The van der Waals surface area contributed by atoms with Crippen LogP contribution in [0.1, 0.15) is 51.2 Å². The Morgan fingerprint density at radius 2 is 0.947 bits per heavy atom. The zero-order chi connectivity index (χ0) is 27.4. The molecule has 4 rings (SSSR count). The third-order valence-corrected chi connectivity index (χ3v) is 8.17. The smallest absolute Gasteiger partial charge is 0.341 e. The fourth-order valence-electron chi connectivity index (χ4n) is 3.84. The van der Waals surface area contributed by atoms with Crippen LogP contribution in [-0.2, 0) is 9.47 Å². The van der Waals surface area contributed by atoms with Crippen LogP contribution < -0.4 is 10.6 Å². The highest BCUT2D eigenvalue weighted by atomic mass is 32.1. The number of carbonyl (C=O) groups excluding carboxylic acids is 4. The number of ketones is 2. The van der Waals surface area contributed by atoms with Crippen LogP contribution in [0.3, 0.4) is 0 Å². The number of benzene rings is 2. The topological polar surface area (TPSA) is 111 Å². The first-order valence-corrected chi connectivity index (χ1v) is 13.1. The maximum absolute atomic E-state index is 13.5. The number of para-hydroxylation sites is 2. The predicted octanol–water partition coefficient (Wildman–Crippen LogP) is 6.55. The van der Waals surface area contributed by atoms with E-state index in [0.717, 1.165) is 22.7 Å². The van der Waals surface area contributed by atoms with Crippen molar-refractivity contribution in [3.63, 3.8) is 0 Å². The van der Waals surface area contributed by atoms with E-state index in [1.807, 2.05) is 60.7 Å². The molecule has 0 bridgehead atoms. The van der Waals surface area contributed by atoms with Gasteiger partial charge in [-0.2, -0.15) is 0 Å². The standard InChI is InChI=1S/C28H24N2O6S2/c1-15-19(27(33)35-3)25(29-17-11-7-5-8-12-17)37-23(15)21(31)22(32)24-16(2)20(28(34)36-4)26(38-24)30-18-13-9-6-10-14-18/h5-14,29-30H,1-4H3. The fourth-order valence-corrected chi connectivity index (χ4v) is 6.15. The lowest BCUT2D eigenvalue weighted by atomic mass is 10.0. The SMILES string of the molecule is COC(=O)c1c(Nc2ccccc2)sc(C(=O)C(=O)c2sc(Nc3ccccc3)c(C(=O)OC)c2C)c1C. The molecule has 2 aromatic heterocycles. The lowest BCUT2D eigenvalue weighted by molar-refractivity contribution is 0.0592. The third kappa shape index (κ3) is 5.22. The summed E-state index contributed by atoms with van der Waals surface area (Å²) in [5.74, 6) is -2.83. The van der Waals surface area contributed by atoms with E-state index in [9.17, 15) is 19.2 Å². The Hall–Kier alpha value is -4.28. The van der Waals surface area contributed by atoms with Gasteiger partial charge in [0.25, 0.3) is 0 Å². The molecule has 0 amide bonds. The van der Waals surface area contributed by atoms with Gasteiger partial charge in [0.05, 0.1) is 35.1 Å². The van der Waals surface area contributed by atoms with Crippen molar-refractivity contribution >= 4 is 67.6 Å². The number of thiophene rings is 2. The van der Waals surface area contributed by atoms with Gasteiger partial charge < -0.3 is 20.1 Å². The normalized spacial score (nSPS) is 10.5. The van der Waals surface area contributed by atoms with Crippen LogP contribution in [0.2, 0.25) is 0 Å². The molecule has 0 aliphatic carbocycles. The van der Waals surface area contributed by atoms with E-state index in [0.29, 0.717) is 32.5 Å². The van der Waals surface area contributed by atoms with Crippen molar-refractivity contribution in [2.75, 3.05) is 24.9 Å². The molecule has 4 aromatic rings. The highest BCUT2D eigenvalue weighted by Crippen LogP contribution is 2.39. The second-order valence-corrected chi connectivity index (χ2v) is 10.2. The third-order valence-electron chi connectivity index (χ3n) is 5.75. The van der Waals surface area contributed by atoms with Crippen LogP contribution in [0, 0.1) is 13.8 Å². The quantitative estimate of drug-likeness (QED) is 0.138. The molecule has 10 heteroatoms. The van der Waals surface area contributed by atoms with E-state index in [1.165, 1.54) is 14.2 Å². The molecule has 8 nitrogen and oxygen atoms in total. The van der Waals surface area contributed by atoms with Crippen LogP contribution in [-0.4, -0.2) is 37.7 Å². The number of carbonyl (C=O) groups is 4. The summed E-state index contributed by atoms with van der Waals surface area (Å²) in [5.41, 5.74) is 2.45. The Morgan fingerprint density at radius 1 is 0.605 bits per heavy atom. The summed E-state index contributed by atoms with van der Waals surface area (Å²) in [6, 6.07) is 18.3. The highest BCUT2D eigenvalue weighted by Gasteiger charge is 2.33. The molecule has 2 N–H and O–H groups in total. The van der Waals surface area contributed by atoms with E-state index >= 15 is 0 Å². The Balaban J connectivity index is 1.74. The second kappa shape index (κ2) is 11.4. The summed E-state index contributed by atoms with van der Waals surface area (Å²) in [5, 5.41) is 7.07. The van der Waals surface area contributed by atoms with Crippen molar-refractivity contribution in [1.82, 2.24) is 0 Å². The van der Waals surface area contributed by atoms with Crippen LogP contribution in [0.15, 0.2) is 60.7 Å². The summed E-state index contributed by atoms with van der Waals surface area (Å²) < 4.78 is 9.88. The number of ether oxygens (including phenoxy) is 2. The molecule has 0 spiro atoms. The summed E-state index contributed by atoms with van der Waals surface area (Å²) in [6.45, 7) is 3.20. The average molecular weight is 549 g/mol. The van der Waals surface area contributed by atoms with Crippen LogP contribution in [0.4, 0.5) is 21.4 Å². The van der Waals surface area contributed by atoms with Gasteiger partial charge in [0.1, 0.15) is 10.0 Å². The van der Waals surface area contributed by atoms with E-state index in [2.05, 4.69) is 10.6 Å². The van der Waals surface area contributed by atoms with Gasteiger partial charge in [0.15, 0.2) is 0 Å². The molecular formula is C28H24N2O6S2. The molecule has 0 atom stereocenters. The number of methoxy groups -OCH3 is 2. The van der Waals surface area contributed by atoms with Crippen molar-refractivity contribution < 1.29 is 28.7 Å². The van der Waals surface area contributed by atoms with Crippen molar-refractivity contribution in [1.29, 1.82) is 0 Å². The molecular weight excluding hydrogens is 524 g/mol. The van der Waals surface area contributed by atoms with Gasteiger partial charge in [-0.3, -0.25) is 9.59 Å². The highest BCUT2D eigenvalue weighted by molar-refractivity contribution is 7.21. The van der Waals surface area contributed by atoms with Crippen molar-refractivity contribution in [2.24, 2.45) is 0 Å². The van der Waals surface area contributed by atoms with Gasteiger partial charge in [-0.05, 0) is 49.2 Å². The van der Waals surface area contributed by atoms with Gasteiger partial charge in [0.2, 0.25) is 11.6 Å². The molecule has 2 heterocycles. The van der Waals surface area contributed by atoms with Crippen LogP contribution >= 0.6 is 22.7 Å². The average Bonchev–Trinajstić information content (AvgIpc) is 3.43. The van der Waals surface area contributed by atoms with Gasteiger partial charge in [-0.15, -0.1) is 22.7 Å². The largest absolute Gasteiger partial charge is 0.465 e. The summed E-state index contributed by atoms with van der Waals surface area (Å²) >= 11 is 2.00. The predicted molar refractivity (Wildman–Crippen MR) is 149 cm³/mol. The molecule has 2 aromatic carbocycles. The van der Waals surface area contributed by atoms with Gasteiger partial charge in [-0.1, -0.05) is 36.4 Å². The number of hydrogen-bond donors (Lipinski definition) is 2. The Morgan fingerprint density at radius 3 is 1.26 bits per heavy atom. The van der Waals surface area contributed by atoms with Crippen molar-refractivity contribution in [2.45, 2.75) is 13.8 Å². The van der Waals surface area contributed by atoms with Gasteiger partial charge >= 0.3 is 11.9 Å². The zero-order valence-electron chi connectivity index (χ0n) is 21.0. The molecule has 0 unspecified atom stereocenters. The lowest BCUT2D eigenvalue weighted by Crippen LogP contribution is -2.15. The van der Waals surface area contributed by atoms with Gasteiger partial charge in [0, 0.05) is 11.4 Å². The Labute approximate surface area is 227 Å². The van der Waals surface area contributed by atoms with E-state index in [4.69, 9.17) is 9.47 Å². The maximum atomic E-state index is 13.5. The zero-order valence-corrected chi connectivity index (χ0v) is 22.7. The summed E-state index contributed by atoms with van der Waals surface area (Å²) in [4.78, 5) is 52.4. The van der Waals surface area contributed by atoms with E-state index in [-0.39, 0.29) is 20.9 Å². The molecule has 0 saturated heterocycles. The van der Waals surface area contributed by atoms with Crippen LogP contribution in [0.5, 0.6) is 0 Å². The number of esters is 2. The summed E-state index contributed by atoms with van der Waals surface area (Å²) in [7, 11) is 2.51. The minimum absolute atomic E-state index is 0.110. The van der Waals surface area contributed by atoms with Crippen molar-refractivity contribution in [3.05, 3.63) is 92.7 Å². The number of Topliss-reactive ketones (excluding diaryl/α,β-unsaturated/α-hetero) is 2. The maximum Gasteiger partial charge on any atom is 0.341 e. The van der Waals surface area contributed by atoms with Gasteiger partial charge in [-0.25, -0.2) is 9.59 Å². The molecule has 0 aliphatic heterocycles. The summed E-state index contributed by atoms with van der Waals surface area (Å²) in [6.07, 6.45) is 0. The monoisotopic (exact) mass is 548 g/mol. The number of rotatable bonds is 9. The van der Waals surface area contributed by atoms with E-state index in [1.54, 1.807) is 13.8 Å². The number of nitrogens with one attached hydrogen (secondary N) is 2. The molecule has 194 valence electrons. The first-order valence-electron chi connectivity index (χ1n) is 11.4. The minimum Gasteiger partial charge on any atom is -0.465 e. The first-order chi connectivity index (χ1) is 18.3. The minimum atomic E-state index is -0.786. The first kappa shape index (κ1) is 26.8. The van der Waals surface area contributed by atoms with Crippen LogP contribution in [0.25, 0.3) is 0 Å². The number of hydrogen-bond acceptors (Lipinski definition) is 10. The lowest BCUT2D eigenvalue weighted by Gasteiger charge is -2.06. The molecule has 0 aliphatic rings. The molecule has 38 heavy (non-hydrogen) atoms. The Bertz CT molecular complexity index is 1410. The molecule has 0 saturated carbocycles. The number of anilines is 4. The second-order valence-electron chi connectivity index (χ2n) is 8.14. The fraction of sp³-hybridized carbons (Fsp3) is 0.143. The molecule has 0 fully saturated rings.